The molecule has 216 valence electrons. The number of nitrogens with zero attached hydrogens (tertiary/aromatic N) is 1. The molecule has 1 aromatic heterocycles. The van der Waals surface area contributed by atoms with Gasteiger partial charge in [-0.1, -0.05) is 55.6 Å². The van der Waals surface area contributed by atoms with E-state index in [9.17, 15) is 9.59 Å². The molecule has 7 heteroatoms. The summed E-state index contributed by atoms with van der Waals surface area (Å²) in [5.74, 6) is -0.389. The molecule has 0 aliphatic rings. The van der Waals surface area contributed by atoms with Crippen molar-refractivity contribution < 1.29 is 19.1 Å². The van der Waals surface area contributed by atoms with E-state index in [-0.39, 0.29) is 11.6 Å². The second-order valence-electron chi connectivity index (χ2n) is 11.1. The van der Waals surface area contributed by atoms with Crippen LogP contribution in [-0.4, -0.2) is 48.4 Å². The molecule has 2 aromatic rings. The van der Waals surface area contributed by atoms with E-state index in [1.807, 2.05) is 104 Å². The Labute approximate surface area is 239 Å². The topological polar surface area (TPSA) is 92.8 Å². The first kappa shape index (κ1) is 34.1. The summed E-state index contributed by atoms with van der Waals surface area (Å²) in [5.41, 5.74) is 5.27. The molecule has 0 spiro atoms. The fourth-order valence-electron chi connectivity index (χ4n) is 3.49. The fourth-order valence-corrected chi connectivity index (χ4v) is 3.49. The fraction of sp³-hybridized carbons (Fsp3) is 0.364. The van der Waals surface area contributed by atoms with Gasteiger partial charge in [-0.2, -0.15) is 0 Å². The minimum absolute atomic E-state index is 0.318. The van der Waals surface area contributed by atoms with Crippen molar-refractivity contribution in [2.24, 2.45) is 4.99 Å². The van der Waals surface area contributed by atoms with Crippen molar-refractivity contribution in [3.05, 3.63) is 89.3 Å². The number of esters is 1. The van der Waals surface area contributed by atoms with Crippen molar-refractivity contribution in [3.8, 4) is 0 Å². The summed E-state index contributed by atoms with van der Waals surface area (Å²) >= 11 is 0. The molecule has 0 amide bonds. The van der Waals surface area contributed by atoms with Gasteiger partial charge >= 0.3 is 5.97 Å². The van der Waals surface area contributed by atoms with Crippen LogP contribution >= 0.6 is 0 Å². The minimum Gasteiger partial charge on any atom is -0.462 e. The van der Waals surface area contributed by atoms with Crippen LogP contribution < -0.4 is 5.32 Å². The number of H-pyrrole nitrogens is 1. The number of benzene rings is 1. The molecule has 1 aromatic carbocycles. The smallest absolute Gasteiger partial charge is 0.341 e. The maximum absolute atomic E-state index is 13.1. The van der Waals surface area contributed by atoms with Gasteiger partial charge in [0.25, 0.3) is 6.47 Å². The van der Waals surface area contributed by atoms with Gasteiger partial charge in [0.15, 0.2) is 0 Å². The summed E-state index contributed by atoms with van der Waals surface area (Å²) in [6.45, 7) is 22.0. The molecule has 7 nitrogen and oxygen atoms in total. The summed E-state index contributed by atoms with van der Waals surface area (Å²) in [6.07, 6.45) is 7.61. The molecule has 2 N–H and O–H groups in total. The molecule has 1 heterocycles. The van der Waals surface area contributed by atoms with Gasteiger partial charge in [-0.05, 0) is 78.8 Å². The Morgan fingerprint density at radius 3 is 2.15 bits per heavy atom. The number of allylic oxidation sites excluding steroid dienone is 4. The first-order chi connectivity index (χ1) is 18.7. The number of aliphatic imine (C=N–C) groups is 1. The standard InChI is InChI=1S/C28H35N3O2.C5H10O2/c1-9-22-25(27(32)33-28(4,5)6)24(18-29-7)31-26(22)23(19(2)3)17-21(30-8)16-15-20-13-11-10-12-14-20;1-5(2,3)7-4-6/h9-17,29,31H,1-2,18H2,3-8H3;4H,1-3H3/b16-15+,23-17+,30-21?;. The zero-order valence-electron chi connectivity index (χ0n) is 25.5. The van der Waals surface area contributed by atoms with E-state index < -0.39 is 5.60 Å². The summed E-state index contributed by atoms with van der Waals surface area (Å²) < 4.78 is 10.2. The van der Waals surface area contributed by atoms with Crippen molar-refractivity contribution in [1.82, 2.24) is 10.3 Å². The van der Waals surface area contributed by atoms with Crippen LogP contribution in [0.3, 0.4) is 0 Å². The molecule has 0 aliphatic heterocycles. The lowest BCUT2D eigenvalue weighted by atomic mass is 9.98. The number of nitrogens with one attached hydrogen (secondary N) is 2. The van der Waals surface area contributed by atoms with E-state index in [0.29, 0.717) is 24.1 Å². The van der Waals surface area contributed by atoms with E-state index >= 15 is 0 Å². The van der Waals surface area contributed by atoms with E-state index in [4.69, 9.17) is 4.74 Å². The Hall–Kier alpha value is -3.97. The third-order valence-electron chi connectivity index (χ3n) is 5.20. The van der Waals surface area contributed by atoms with Gasteiger partial charge in [-0.25, -0.2) is 4.79 Å². The summed E-state index contributed by atoms with van der Waals surface area (Å²) in [6, 6.07) is 10.0. The molecular weight excluding hydrogens is 502 g/mol. The van der Waals surface area contributed by atoms with E-state index in [1.165, 1.54) is 0 Å². The molecule has 0 saturated carbocycles. The van der Waals surface area contributed by atoms with Crippen LogP contribution in [0.25, 0.3) is 17.7 Å². The predicted molar refractivity (Wildman–Crippen MR) is 167 cm³/mol. The molecule has 2 rings (SSSR count). The monoisotopic (exact) mass is 547 g/mol. The number of carbonyl (C=O) groups excluding carboxylic acids is 2. The summed E-state index contributed by atoms with van der Waals surface area (Å²) in [4.78, 5) is 30.5. The maximum atomic E-state index is 13.1. The second kappa shape index (κ2) is 15.6. The van der Waals surface area contributed by atoms with E-state index in [1.54, 1.807) is 13.1 Å². The van der Waals surface area contributed by atoms with E-state index in [0.717, 1.165) is 33.8 Å². The second-order valence-corrected chi connectivity index (χ2v) is 11.1. The third kappa shape index (κ3) is 11.4. The molecule has 0 atom stereocenters. The van der Waals surface area contributed by atoms with Gasteiger partial charge in [0.05, 0.1) is 17.0 Å². The predicted octanol–water partition coefficient (Wildman–Crippen LogP) is 7.03. The van der Waals surface area contributed by atoms with E-state index in [2.05, 4.69) is 33.2 Å². The Morgan fingerprint density at radius 2 is 1.73 bits per heavy atom. The van der Waals surface area contributed by atoms with Gasteiger partial charge in [0.1, 0.15) is 11.2 Å². The van der Waals surface area contributed by atoms with Crippen molar-refractivity contribution in [1.29, 1.82) is 0 Å². The third-order valence-corrected chi connectivity index (χ3v) is 5.20. The molecule has 0 aliphatic carbocycles. The Bertz CT molecular complexity index is 1250. The highest BCUT2D eigenvalue weighted by Crippen LogP contribution is 2.31. The number of hydrogen-bond donors (Lipinski definition) is 2. The van der Waals surface area contributed by atoms with Crippen molar-refractivity contribution in [2.45, 2.75) is 66.2 Å². The molecule has 0 radical (unpaired) electrons. The van der Waals surface area contributed by atoms with Crippen molar-refractivity contribution in [3.63, 3.8) is 0 Å². The van der Waals surface area contributed by atoms with Crippen LogP contribution in [0.4, 0.5) is 0 Å². The zero-order chi connectivity index (χ0) is 30.5. The quantitative estimate of drug-likeness (QED) is 0.144. The SMILES string of the molecule is C=Cc1c(/C(=C/C(/C=C/c2ccccc2)=NC)C(=C)C)[nH]c(CNC)c1C(=O)OC(C)(C)C.CC(C)(C)OC=O. The van der Waals surface area contributed by atoms with Crippen LogP contribution in [0, 0.1) is 0 Å². The molecule has 0 bridgehead atoms. The lowest BCUT2D eigenvalue weighted by Gasteiger charge is -2.20. The highest BCUT2D eigenvalue weighted by molar-refractivity contribution is 6.12. The van der Waals surface area contributed by atoms with Crippen LogP contribution in [0.5, 0.6) is 0 Å². The lowest BCUT2D eigenvalue weighted by molar-refractivity contribution is -0.138. The Kier molecular flexibility index (Phi) is 13.3. The normalized spacial score (nSPS) is 12.4. The largest absolute Gasteiger partial charge is 0.462 e. The van der Waals surface area contributed by atoms with Gasteiger partial charge in [-0.15, -0.1) is 0 Å². The average molecular weight is 548 g/mol. The number of hydrogen-bond acceptors (Lipinski definition) is 6. The van der Waals surface area contributed by atoms with Crippen LogP contribution in [0.1, 0.15) is 81.3 Å². The maximum Gasteiger partial charge on any atom is 0.341 e. The number of aromatic nitrogens is 1. The van der Waals surface area contributed by atoms with Crippen molar-refractivity contribution >= 4 is 35.9 Å². The van der Waals surface area contributed by atoms with Crippen LogP contribution in [-0.2, 0) is 20.8 Å². The average Bonchev–Trinajstić information content (AvgIpc) is 3.21. The van der Waals surface area contributed by atoms with Gasteiger partial charge in [0, 0.05) is 30.4 Å². The highest BCUT2D eigenvalue weighted by Gasteiger charge is 2.27. The summed E-state index contributed by atoms with van der Waals surface area (Å²) in [7, 11) is 3.58. The number of carbonyl (C=O) groups is 2. The first-order valence-electron chi connectivity index (χ1n) is 13.1. The van der Waals surface area contributed by atoms with Gasteiger partial charge < -0.3 is 19.8 Å². The van der Waals surface area contributed by atoms with Crippen molar-refractivity contribution in [2.75, 3.05) is 14.1 Å². The Morgan fingerprint density at radius 1 is 1.10 bits per heavy atom. The summed E-state index contributed by atoms with van der Waals surface area (Å²) in [5, 5.41) is 3.12. The molecule has 0 unspecified atom stereocenters. The number of aromatic amines is 1. The van der Waals surface area contributed by atoms with Crippen LogP contribution in [0.15, 0.2) is 66.2 Å². The van der Waals surface area contributed by atoms with Gasteiger partial charge in [0.2, 0.25) is 0 Å². The number of rotatable bonds is 10. The first-order valence-corrected chi connectivity index (χ1v) is 13.1. The molecular formula is C33H45N3O4. The van der Waals surface area contributed by atoms with Gasteiger partial charge in [-0.3, -0.25) is 9.79 Å². The number of ether oxygens (including phenoxy) is 2. The Balaban J connectivity index is 0.00000101. The molecule has 0 fully saturated rings. The molecule has 40 heavy (non-hydrogen) atoms. The highest BCUT2D eigenvalue weighted by atomic mass is 16.6. The molecule has 0 saturated heterocycles. The van der Waals surface area contributed by atoms with Crippen LogP contribution in [0.2, 0.25) is 0 Å². The zero-order valence-corrected chi connectivity index (χ0v) is 25.5. The minimum atomic E-state index is -0.610. The lowest BCUT2D eigenvalue weighted by Crippen LogP contribution is -2.25.